The molecule has 0 fully saturated rings. The molecular weight excluding hydrogens is 320 g/mol. The number of aryl methyl sites for hydroxylation is 1. The molecule has 5 nitrogen and oxygen atoms in total. The summed E-state index contributed by atoms with van der Waals surface area (Å²) in [7, 11) is 1.89. The molecule has 2 aromatic carbocycles. The van der Waals surface area contributed by atoms with Crippen molar-refractivity contribution in [2.45, 2.75) is 0 Å². The van der Waals surface area contributed by atoms with E-state index in [1.54, 1.807) is 29.7 Å². The van der Waals surface area contributed by atoms with Crippen LogP contribution in [0.25, 0.3) is 21.6 Å². The van der Waals surface area contributed by atoms with Gasteiger partial charge in [0.1, 0.15) is 5.01 Å². The van der Waals surface area contributed by atoms with Crippen LogP contribution in [-0.4, -0.2) is 20.4 Å². The van der Waals surface area contributed by atoms with Crippen molar-refractivity contribution in [1.82, 2.24) is 14.5 Å². The minimum absolute atomic E-state index is 0.181. The van der Waals surface area contributed by atoms with Crippen molar-refractivity contribution in [2.24, 2.45) is 7.05 Å². The van der Waals surface area contributed by atoms with Crippen LogP contribution in [-0.2, 0) is 7.05 Å². The largest absolute Gasteiger partial charge is 0.313 e. The topological polar surface area (TPSA) is 59.8 Å². The van der Waals surface area contributed by atoms with E-state index in [-0.39, 0.29) is 5.91 Å². The van der Waals surface area contributed by atoms with Crippen molar-refractivity contribution in [2.75, 3.05) is 5.32 Å². The minimum atomic E-state index is -0.181. The quantitative estimate of drug-likeness (QED) is 0.617. The van der Waals surface area contributed by atoms with Crippen molar-refractivity contribution in [3.63, 3.8) is 0 Å². The number of benzene rings is 2. The fourth-order valence-corrected chi connectivity index (χ4v) is 3.21. The lowest BCUT2D eigenvalue weighted by Crippen LogP contribution is -2.14. The number of carbonyl (C=O) groups is 1. The zero-order valence-corrected chi connectivity index (χ0v) is 13.7. The van der Waals surface area contributed by atoms with Gasteiger partial charge in [-0.3, -0.25) is 10.1 Å². The zero-order chi connectivity index (χ0) is 16.5. The number of aromatic nitrogens is 3. The number of anilines is 1. The molecule has 4 rings (SSSR count). The summed E-state index contributed by atoms with van der Waals surface area (Å²) >= 11 is 1.57. The molecule has 0 aliphatic heterocycles. The summed E-state index contributed by atoms with van der Waals surface area (Å²) in [5.74, 6) is 0.351. The number of carbonyl (C=O) groups excluding carboxylic acids is 1. The van der Waals surface area contributed by atoms with Crippen LogP contribution in [0.15, 0.2) is 60.1 Å². The van der Waals surface area contributed by atoms with Gasteiger partial charge in [-0.05, 0) is 24.3 Å². The van der Waals surface area contributed by atoms with Crippen molar-refractivity contribution in [3.8, 4) is 10.6 Å². The number of hydrogen-bond donors (Lipinski definition) is 1. The maximum absolute atomic E-state index is 12.5. The Morgan fingerprint density at radius 1 is 1.12 bits per heavy atom. The Balaban J connectivity index is 1.58. The Labute approximate surface area is 142 Å². The molecule has 0 aliphatic carbocycles. The Bertz CT molecular complexity index is 1000. The van der Waals surface area contributed by atoms with Crippen LogP contribution in [0, 0.1) is 0 Å². The molecule has 0 bridgehead atoms. The molecule has 4 aromatic rings. The van der Waals surface area contributed by atoms with Crippen LogP contribution in [0.4, 0.5) is 5.95 Å². The summed E-state index contributed by atoms with van der Waals surface area (Å²) in [4.78, 5) is 21.2. The molecule has 0 aliphatic rings. The molecule has 0 spiro atoms. The van der Waals surface area contributed by atoms with Gasteiger partial charge >= 0.3 is 0 Å². The minimum Gasteiger partial charge on any atom is -0.313 e. The van der Waals surface area contributed by atoms with Crippen molar-refractivity contribution >= 4 is 34.2 Å². The van der Waals surface area contributed by atoms with Crippen LogP contribution < -0.4 is 5.32 Å². The first kappa shape index (κ1) is 14.6. The Morgan fingerprint density at radius 3 is 2.62 bits per heavy atom. The van der Waals surface area contributed by atoms with E-state index in [0.29, 0.717) is 11.5 Å². The number of rotatable bonds is 3. The molecular formula is C18H14N4OS. The lowest BCUT2D eigenvalue weighted by molar-refractivity contribution is 0.102. The normalized spacial score (nSPS) is 10.9. The molecule has 118 valence electrons. The van der Waals surface area contributed by atoms with Crippen LogP contribution in [0.1, 0.15) is 10.4 Å². The van der Waals surface area contributed by atoms with E-state index in [0.717, 1.165) is 21.6 Å². The smallest absolute Gasteiger partial charge is 0.257 e. The Hall–Kier alpha value is -2.99. The lowest BCUT2D eigenvalue weighted by atomic mass is 10.1. The number of thiazole rings is 1. The van der Waals surface area contributed by atoms with E-state index in [9.17, 15) is 4.79 Å². The summed E-state index contributed by atoms with van der Waals surface area (Å²) in [6, 6.07) is 15.2. The van der Waals surface area contributed by atoms with Gasteiger partial charge in [0, 0.05) is 29.8 Å². The van der Waals surface area contributed by atoms with E-state index in [2.05, 4.69) is 15.3 Å². The average molecular weight is 334 g/mol. The summed E-state index contributed by atoms with van der Waals surface area (Å²) in [6.07, 6.45) is 1.77. The number of fused-ring (bicyclic) bond motifs is 1. The highest BCUT2D eigenvalue weighted by atomic mass is 32.1. The van der Waals surface area contributed by atoms with Gasteiger partial charge in [-0.1, -0.05) is 24.3 Å². The number of imidazole rings is 1. The molecule has 0 saturated heterocycles. The number of hydrogen-bond acceptors (Lipinski definition) is 4. The molecule has 0 radical (unpaired) electrons. The molecule has 0 atom stereocenters. The van der Waals surface area contributed by atoms with Gasteiger partial charge in [0.05, 0.1) is 11.0 Å². The van der Waals surface area contributed by atoms with Gasteiger partial charge in [0.2, 0.25) is 5.95 Å². The van der Waals surface area contributed by atoms with Gasteiger partial charge in [-0.15, -0.1) is 11.3 Å². The predicted molar refractivity (Wildman–Crippen MR) is 96.2 cm³/mol. The summed E-state index contributed by atoms with van der Waals surface area (Å²) in [5.41, 5.74) is 3.42. The van der Waals surface area contributed by atoms with Crippen molar-refractivity contribution in [1.29, 1.82) is 0 Å². The highest BCUT2D eigenvalue weighted by Gasteiger charge is 2.12. The molecule has 6 heteroatoms. The highest BCUT2D eigenvalue weighted by molar-refractivity contribution is 7.13. The lowest BCUT2D eigenvalue weighted by Gasteiger charge is -2.05. The number of nitrogens with zero attached hydrogens (tertiary/aromatic N) is 3. The van der Waals surface area contributed by atoms with Crippen LogP contribution in [0.5, 0.6) is 0 Å². The third-order valence-corrected chi connectivity index (χ3v) is 4.66. The fourth-order valence-electron chi connectivity index (χ4n) is 2.56. The number of para-hydroxylation sites is 2. The molecule has 1 amide bonds. The maximum atomic E-state index is 12.5. The SMILES string of the molecule is Cn1c(NC(=O)c2ccc(-c3nccs3)cc2)nc2ccccc21. The van der Waals surface area contributed by atoms with Crippen molar-refractivity contribution in [3.05, 3.63) is 65.7 Å². The van der Waals surface area contributed by atoms with E-state index >= 15 is 0 Å². The van der Waals surface area contributed by atoms with E-state index in [1.165, 1.54) is 0 Å². The molecule has 0 unspecified atom stereocenters. The molecule has 0 saturated carbocycles. The second-order valence-corrected chi connectivity index (χ2v) is 6.25. The van der Waals surface area contributed by atoms with E-state index < -0.39 is 0 Å². The standard InChI is InChI=1S/C18H14N4OS/c1-22-15-5-3-2-4-14(15)20-18(22)21-16(23)12-6-8-13(9-7-12)17-19-10-11-24-17/h2-11H,1H3,(H,20,21,23). The fraction of sp³-hybridized carbons (Fsp3) is 0.0556. The molecule has 24 heavy (non-hydrogen) atoms. The highest BCUT2D eigenvalue weighted by Crippen LogP contribution is 2.22. The van der Waals surface area contributed by atoms with Gasteiger partial charge < -0.3 is 4.57 Å². The van der Waals surface area contributed by atoms with Gasteiger partial charge in [-0.2, -0.15) is 0 Å². The zero-order valence-electron chi connectivity index (χ0n) is 12.9. The van der Waals surface area contributed by atoms with Crippen LogP contribution in [0.3, 0.4) is 0 Å². The second-order valence-electron chi connectivity index (χ2n) is 5.35. The maximum Gasteiger partial charge on any atom is 0.257 e. The first-order valence-corrected chi connectivity index (χ1v) is 8.33. The van der Waals surface area contributed by atoms with Gasteiger partial charge in [0.15, 0.2) is 0 Å². The molecule has 1 N–H and O–H groups in total. The summed E-state index contributed by atoms with van der Waals surface area (Å²) < 4.78 is 1.87. The number of amides is 1. The molecule has 2 heterocycles. The summed E-state index contributed by atoms with van der Waals surface area (Å²) in [5, 5.41) is 5.74. The Kier molecular flexibility index (Phi) is 3.59. The van der Waals surface area contributed by atoms with Crippen LogP contribution >= 0.6 is 11.3 Å². The Morgan fingerprint density at radius 2 is 1.92 bits per heavy atom. The summed E-state index contributed by atoms with van der Waals surface area (Å²) in [6.45, 7) is 0. The van der Waals surface area contributed by atoms with Gasteiger partial charge in [0.25, 0.3) is 5.91 Å². The van der Waals surface area contributed by atoms with E-state index in [4.69, 9.17) is 0 Å². The molecule has 2 aromatic heterocycles. The second kappa shape index (κ2) is 5.90. The number of nitrogens with one attached hydrogen (secondary N) is 1. The van der Waals surface area contributed by atoms with Crippen LogP contribution in [0.2, 0.25) is 0 Å². The van der Waals surface area contributed by atoms with Gasteiger partial charge in [-0.25, -0.2) is 9.97 Å². The first-order chi connectivity index (χ1) is 11.7. The van der Waals surface area contributed by atoms with Crippen molar-refractivity contribution < 1.29 is 4.79 Å². The first-order valence-electron chi connectivity index (χ1n) is 7.45. The average Bonchev–Trinajstić information content (AvgIpc) is 3.25. The van der Waals surface area contributed by atoms with E-state index in [1.807, 2.05) is 53.4 Å². The third kappa shape index (κ3) is 2.57. The monoisotopic (exact) mass is 334 g/mol. The third-order valence-electron chi connectivity index (χ3n) is 3.84. The predicted octanol–water partition coefficient (Wildman–Crippen LogP) is 3.95.